The molecule has 5 nitrogen and oxygen atoms in total. The fraction of sp³-hybridized carbons (Fsp3) is 0.556. The minimum atomic E-state index is -0.834. The normalized spacial score (nSPS) is 35.9. The van der Waals surface area contributed by atoms with Crippen molar-refractivity contribution in [1.82, 2.24) is 5.32 Å². The molecule has 2 amide bonds. The molecule has 0 saturated heterocycles. The summed E-state index contributed by atoms with van der Waals surface area (Å²) in [7, 11) is 0. The summed E-state index contributed by atoms with van der Waals surface area (Å²) in [6.45, 7) is 0. The molecule has 2 aliphatic rings. The summed E-state index contributed by atoms with van der Waals surface area (Å²) in [5.74, 6) is -0.689. The number of hydrogen-bond acceptors (Lipinski definition) is 3. The van der Waals surface area contributed by atoms with Gasteiger partial charge in [-0.2, -0.15) is 0 Å². The second-order valence-corrected chi connectivity index (χ2v) is 3.89. The van der Waals surface area contributed by atoms with Crippen molar-refractivity contribution in [2.24, 2.45) is 17.4 Å². The molecule has 0 radical (unpaired) electrons. The van der Waals surface area contributed by atoms with Gasteiger partial charge < -0.3 is 11.5 Å². The van der Waals surface area contributed by atoms with Gasteiger partial charge in [0.25, 0.3) is 0 Å². The second kappa shape index (κ2) is 2.81. The number of nitrogens with two attached hydrogens (primary N) is 2. The fourth-order valence-corrected chi connectivity index (χ4v) is 1.91. The van der Waals surface area contributed by atoms with Crippen LogP contribution in [0.3, 0.4) is 0 Å². The van der Waals surface area contributed by atoms with Crippen LogP contribution in [0.5, 0.6) is 0 Å². The van der Waals surface area contributed by atoms with E-state index in [2.05, 4.69) is 5.32 Å². The number of primary amides is 2. The number of rotatable bonds is 3. The van der Waals surface area contributed by atoms with Crippen LogP contribution in [0.1, 0.15) is 12.8 Å². The smallest absolute Gasteiger partial charge is 0.242 e. The van der Waals surface area contributed by atoms with Gasteiger partial charge in [0, 0.05) is 0 Å². The van der Waals surface area contributed by atoms with Gasteiger partial charge in [0.15, 0.2) is 0 Å². The Kier molecular flexibility index (Phi) is 1.85. The average molecular weight is 195 g/mol. The third-order valence-corrected chi connectivity index (χ3v) is 2.88. The summed E-state index contributed by atoms with van der Waals surface area (Å²) < 4.78 is 0. The van der Waals surface area contributed by atoms with Crippen LogP contribution in [0.2, 0.25) is 0 Å². The van der Waals surface area contributed by atoms with Crippen LogP contribution >= 0.6 is 0 Å². The molecule has 76 valence electrons. The van der Waals surface area contributed by atoms with Gasteiger partial charge in [-0.3, -0.25) is 14.9 Å². The van der Waals surface area contributed by atoms with Gasteiger partial charge in [-0.1, -0.05) is 12.2 Å². The van der Waals surface area contributed by atoms with Gasteiger partial charge in [0.05, 0.1) is 0 Å². The molecule has 1 aliphatic heterocycles. The van der Waals surface area contributed by atoms with Crippen molar-refractivity contribution in [3.8, 4) is 0 Å². The van der Waals surface area contributed by atoms with Crippen molar-refractivity contribution in [2.75, 3.05) is 0 Å². The Morgan fingerprint density at radius 3 is 2.36 bits per heavy atom. The van der Waals surface area contributed by atoms with Crippen molar-refractivity contribution >= 4 is 11.8 Å². The summed E-state index contributed by atoms with van der Waals surface area (Å²) in [5, 5.41) is 2.91. The monoisotopic (exact) mass is 195 g/mol. The third kappa shape index (κ3) is 1.21. The Morgan fingerprint density at radius 2 is 2.00 bits per heavy atom. The van der Waals surface area contributed by atoms with E-state index in [4.69, 9.17) is 11.5 Å². The van der Waals surface area contributed by atoms with E-state index in [-0.39, 0.29) is 5.92 Å². The van der Waals surface area contributed by atoms with Crippen LogP contribution in [0, 0.1) is 5.92 Å². The van der Waals surface area contributed by atoms with E-state index < -0.39 is 23.4 Å². The van der Waals surface area contributed by atoms with Gasteiger partial charge in [-0.05, 0) is 18.8 Å². The van der Waals surface area contributed by atoms with Crippen molar-refractivity contribution in [2.45, 2.75) is 24.4 Å². The fourth-order valence-electron chi connectivity index (χ4n) is 1.91. The minimum Gasteiger partial charge on any atom is -0.368 e. The first-order chi connectivity index (χ1) is 6.56. The number of hydrogen-bond donors (Lipinski definition) is 3. The van der Waals surface area contributed by atoms with Gasteiger partial charge in [0.1, 0.15) is 11.6 Å². The topological polar surface area (TPSA) is 98.2 Å². The molecule has 0 spiro atoms. The highest BCUT2D eigenvalue weighted by Crippen LogP contribution is 2.42. The van der Waals surface area contributed by atoms with Crippen LogP contribution in [-0.2, 0) is 9.59 Å². The summed E-state index contributed by atoms with van der Waals surface area (Å²) in [6, 6.07) is -0.567. The Balaban J connectivity index is 2.21. The maximum Gasteiger partial charge on any atom is 0.242 e. The Bertz CT molecular complexity index is 322. The zero-order valence-electron chi connectivity index (χ0n) is 7.69. The number of carbonyl (C=O) groups excluding carboxylic acids is 2. The summed E-state index contributed by atoms with van der Waals surface area (Å²) in [5.41, 5.74) is 9.63. The van der Waals surface area contributed by atoms with E-state index in [0.29, 0.717) is 0 Å². The van der Waals surface area contributed by atoms with E-state index in [1.54, 1.807) is 12.2 Å². The molecule has 5 N–H and O–H groups in total. The molecule has 2 atom stereocenters. The Hall–Kier alpha value is -1.36. The van der Waals surface area contributed by atoms with Crippen molar-refractivity contribution < 1.29 is 9.59 Å². The molecule has 1 fully saturated rings. The lowest BCUT2D eigenvalue weighted by Crippen LogP contribution is -2.57. The number of carbonyl (C=O) groups is 2. The van der Waals surface area contributed by atoms with E-state index >= 15 is 0 Å². The molecule has 2 rings (SSSR count). The largest absolute Gasteiger partial charge is 0.368 e. The highest BCUT2D eigenvalue weighted by molar-refractivity contribution is 5.92. The first-order valence-electron chi connectivity index (χ1n) is 4.62. The molecule has 0 aromatic carbocycles. The van der Waals surface area contributed by atoms with Gasteiger partial charge in [-0.15, -0.1) is 0 Å². The molecule has 14 heavy (non-hydrogen) atoms. The minimum absolute atomic E-state index is 0.223. The third-order valence-electron chi connectivity index (χ3n) is 2.88. The van der Waals surface area contributed by atoms with E-state index in [1.165, 1.54) is 0 Å². The average Bonchev–Trinajstić information content (AvgIpc) is 2.85. The maximum absolute atomic E-state index is 11.3. The van der Waals surface area contributed by atoms with Crippen LogP contribution in [-0.4, -0.2) is 23.4 Å². The molecular weight excluding hydrogens is 182 g/mol. The highest BCUT2D eigenvalue weighted by Gasteiger charge is 2.51. The second-order valence-electron chi connectivity index (χ2n) is 3.89. The first-order valence-corrected chi connectivity index (χ1v) is 4.62. The SMILES string of the molecule is NC(=O)C1C=CC(C(N)=O)(C2CC2)N1. The molecule has 1 aliphatic carbocycles. The standard InChI is InChI=1S/C9H13N3O2/c10-7(13)6-3-4-9(12-6,8(11)14)5-1-2-5/h3-6,12H,1-2H2,(H2,10,13)(H2,11,14). The van der Waals surface area contributed by atoms with E-state index in [0.717, 1.165) is 12.8 Å². The van der Waals surface area contributed by atoms with Gasteiger partial charge >= 0.3 is 0 Å². The highest BCUT2D eigenvalue weighted by atomic mass is 16.2. The van der Waals surface area contributed by atoms with Crippen LogP contribution < -0.4 is 16.8 Å². The zero-order valence-corrected chi connectivity index (χ0v) is 7.69. The lowest BCUT2D eigenvalue weighted by atomic mass is 9.94. The summed E-state index contributed by atoms with van der Waals surface area (Å²) in [4.78, 5) is 22.2. The predicted molar refractivity (Wildman–Crippen MR) is 49.9 cm³/mol. The molecule has 5 heteroatoms. The van der Waals surface area contributed by atoms with Gasteiger partial charge in [-0.25, -0.2) is 0 Å². The van der Waals surface area contributed by atoms with E-state index in [9.17, 15) is 9.59 Å². The molecule has 0 aromatic rings. The molecule has 0 bridgehead atoms. The quantitative estimate of drug-likeness (QED) is 0.485. The number of amides is 2. The first kappa shape index (κ1) is 9.21. The molecule has 0 aromatic heterocycles. The molecule has 2 unspecified atom stereocenters. The van der Waals surface area contributed by atoms with Crippen LogP contribution in [0.4, 0.5) is 0 Å². The molecule has 1 saturated carbocycles. The van der Waals surface area contributed by atoms with Crippen LogP contribution in [0.25, 0.3) is 0 Å². The maximum atomic E-state index is 11.3. The van der Waals surface area contributed by atoms with Crippen molar-refractivity contribution in [1.29, 1.82) is 0 Å². The lowest BCUT2D eigenvalue weighted by molar-refractivity contribution is -0.124. The van der Waals surface area contributed by atoms with Crippen molar-refractivity contribution in [3.63, 3.8) is 0 Å². The lowest BCUT2D eigenvalue weighted by Gasteiger charge is -2.25. The Morgan fingerprint density at radius 1 is 1.36 bits per heavy atom. The zero-order chi connectivity index (χ0) is 10.3. The number of nitrogens with one attached hydrogen (secondary N) is 1. The van der Waals surface area contributed by atoms with Gasteiger partial charge in [0.2, 0.25) is 11.8 Å². The predicted octanol–water partition coefficient (Wildman–Crippen LogP) is -1.37. The Labute approximate surface area is 81.5 Å². The summed E-state index contributed by atoms with van der Waals surface area (Å²) >= 11 is 0. The molecule has 1 heterocycles. The van der Waals surface area contributed by atoms with Crippen LogP contribution in [0.15, 0.2) is 12.2 Å². The molecular formula is C9H13N3O2. The van der Waals surface area contributed by atoms with Crippen molar-refractivity contribution in [3.05, 3.63) is 12.2 Å². The van der Waals surface area contributed by atoms with E-state index in [1.807, 2.05) is 0 Å². The summed E-state index contributed by atoms with van der Waals surface area (Å²) in [6.07, 6.45) is 5.23.